The highest BCUT2D eigenvalue weighted by molar-refractivity contribution is 5.82. The molecule has 0 saturated heterocycles. The van der Waals surface area contributed by atoms with Gasteiger partial charge in [0.05, 0.1) is 11.9 Å². The van der Waals surface area contributed by atoms with Crippen LogP contribution < -0.4 is 5.32 Å². The molecule has 132 valence electrons. The SMILES string of the molecule is CNC(=O)CC1(F)CC2CC(c3ccnc4ccc(F)cc34)CC2C1. The number of fused-ring (bicyclic) bond motifs is 2. The van der Waals surface area contributed by atoms with Gasteiger partial charge in [-0.2, -0.15) is 0 Å². The first-order chi connectivity index (χ1) is 12.0. The molecule has 4 rings (SSSR count). The number of nitrogens with zero attached hydrogens (tertiary/aromatic N) is 1. The lowest BCUT2D eigenvalue weighted by Gasteiger charge is -2.21. The van der Waals surface area contributed by atoms with E-state index in [-0.39, 0.29) is 18.1 Å². The van der Waals surface area contributed by atoms with Crippen LogP contribution in [0.2, 0.25) is 0 Å². The Hall–Kier alpha value is -2.04. The van der Waals surface area contributed by atoms with Crippen molar-refractivity contribution in [1.29, 1.82) is 0 Å². The number of halogens is 2. The van der Waals surface area contributed by atoms with E-state index in [1.165, 1.54) is 6.07 Å². The Morgan fingerprint density at radius 2 is 2.00 bits per heavy atom. The zero-order chi connectivity index (χ0) is 17.6. The van der Waals surface area contributed by atoms with Gasteiger partial charge in [-0.3, -0.25) is 9.78 Å². The molecule has 1 N–H and O–H groups in total. The number of benzene rings is 1. The van der Waals surface area contributed by atoms with Gasteiger partial charge in [0.25, 0.3) is 0 Å². The maximum atomic E-state index is 15.0. The lowest BCUT2D eigenvalue weighted by Crippen LogP contribution is -2.30. The molecule has 2 unspecified atom stereocenters. The van der Waals surface area contributed by atoms with Crippen molar-refractivity contribution in [3.8, 4) is 0 Å². The van der Waals surface area contributed by atoms with Crippen molar-refractivity contribution < 1.29 is 13.6 Å². The Morgan fingerprint density at radius 3 is 2.68 bits per heavy atom. The Morgan fingerprint density at radius 1 is 1.28 bits per heavy atom. The molecule has 1 aromatic heterocycles. The van der Waals surface area contributed by atoms with E-state index in [0.29, 0.717) is 30.6 Å². The molecule has 5 heteroatoms. The van der Waals surface area contributed by atoms with Crippen LogP contribution in [0.1, 0.15) is 43.6 Å². The van der Waals surface area contributed by atoms with E-state index in [0.717, 1.165) is 29.3 Å². The van der Waals surface area contributed by atoms with Crippen LogP contribution in [0, 0.1) is 17.7 Å². The van der Waals surface area contributed by atoms with Crippen LogP contribution in [-0.4, -0.2) is 23.6 Å². The number of carbonyl (C=O) groups excluding carboxylic acids is 1. The van der Waals surface area contributed by atoms with E-state index >= 15 is 0 Å². The predicted octanol–water partition coefficient (Wildman–Crippen LogP) is 4.12. The maximum absolute atomic E-state index is 15.0. The minimum Gasteiger partial charge on any atom is -0.359 e. The normalized spacial score (nSPS) is 31.2. The van der Waals surface area contributed by atoms with Crippen LogP contribution >= 0.6 is 0 Å². The fourth-order valence-corrected chi connectivity index (χ4v) is 5.01. The summed E-state index contributed by atoms with van der Waals surface area (Å²) in [7, 11) is 1.55. The van der Waals surface area contributed by atoms with Crippen molar-refractivity contribution in [2.24, 2.45) is 11.8 Å². The van der Waals surface area contributed by atoms with Gasteiger partial charge >= 0.3 is 0 Å². The predicted molar refractivity (Wildman–Crippen MR) is 92.4 cm³/mol. The van der Waals surface area contributed by atoms with E-state index in [4.69, 9.17) is 0 Å². The second-order valence-electron chi connectivity index (χ2n) is 7.66. The first-order valence-electron chi connectivity index (χ1n) is 8.91. The Bertz CT molecular complexity index is 808. The first kappa shape index (κ1) is 16.4. The molecule has 2 saturated carbocycles. The lowest BCUT2D eigenvalue weighted by atomic mass is 9.88. The van der Waals surface area contributed by atoms with Gasteiger partial charge in [-0.25, -0.2) is 8.78 Å². The highest BCUT2D eigenvalue weighted by atomic mass is 19.1. The molecule has 2 fully saturated rings. The van der Waals surface area contributed by atoms with E-state index in [2.05, 4.69) is 10.3 Å². The highest BCUT2D eigenvalue weighted by Crippen LogP contribution is 2.56. The third-order valence-electron chi connectivity index (χ3n) is 6.03. The molecule has 1 heterocycles. The molecule has 2 aliphatic carbocycles. The van der Waals surface area contributed by atoms with Crippen molar-refractivity contribution in [1.82, 2.24) is 10.3 Å². The van der Waals surface area contributed by atoms with Gasteiger partial charge in [0.15, 0.2) is 0 Å². The van der Waals surface area contributed by atoms with Crippen molar-refractivity contribution in [3.63, 3.8) is 0 Å². The summed E-state index contributed by atoms with van der Waals surface area (Å²) in [5.74, 6) is 0.433. The first-order valence-corrected chi connectivity index (χ1v) is 8.91. The van der Waals surface area contributed by atoms with E-state index in [9.17, 15) is 13.6 Å². The quantitative estimate of drug-likeness (QED) is 0.910. The van der Waals surface area contributed by atoms with Crippen LogP contribution in [0.4, 0.5) is 8.78 Å². The Kier molecular flexibility index (Phi) is 3.97. The molecule has 0 radical (unpaired) electrons. The van der Waals surface area contributed by atoms with Gasteiger partial charge in [-0.05, 0) is 73.3 Å². The number of carbonyl (C=O) groups is 1. The fraction of sp³-hybridized carbons (Fsp3) is 0.500. The third kappa shape index (κ3) is 3.00. The van der Waals surface area contributed by atoms with Crippen molar-refractivity contribution in [2.75, 3.05) is 7.05 Å². The fourth-order valence-electron chi connectivity index (χ4n) is 5.01. The number of pyridine rings is 1. The molecule has 0 spiro atoms. The smallest absolute Gasteiger partial charge is 0.222 e. The van der Waals surface area contributed by atoms with Gasteiger partial charge in [0.1, 0.15) is 11.5 Å². The summed E-state index contributed by atoms with van der Waals surface area (Å²) in [5.41, 5.74) is 0.553. The van der Waals surface area contributed by atoms with Crippen molar-refractivity contribution in [3.05, 3.63) is 41.8 Å². The number of rotatable bonds is 3. The zero-order valence-electron chi connectivity index (χ0n) is 14.3. The van der Waals surface area contributed by atoms with Crippen LogP contribution in [0.3, 0.4) is 0 Å². The second-order valence-corrected chi connectivity index (χ2v) is 7.66. The Labute approximate surface area is 145 Å². The van der Waals surface area contributed by atoms with Crippen LogP contribution in [0.25, 0.3) is 10.9 Å². The average molecular weight is 344 g/mol. The molecule has 25 heavy (non-hydrogen) atoms. The number of hydrogen-bond acceptors (Lipinski definition) is 2. The molecular weight excluding hydrogens is 322 g/mol. The third-order valence-corrected chi connectivity index (χ3v) is 6.03. The highest BCUT2D eigenvalue weighted by Gasteiger charge is 2.50. The second kappa shape index (κ2) is 6.04. The van der Waals surface area contributed by atoms with Crippen LogP contribution in [0.15, 0.2) is 30.5 Å². The molecule has 0 bridgehead atoms. The topological polar surface area (TPSA) is 42.0 Å². The number of hydrogen-bond donors (Lipinski definition) is 1. The molecule has 2 aromatic rings. The summed E-state index contributed by atoms with van der Waals surface area (Å²) >= 11 is 0. The summed E-state index contributed by atoms with van der Waals surface area (Å²) in [6.45, 7) is 0. The minimum absolute atomic E-state index is 0.0371. The van der Waals surface area contributed by atoms with Crippen molar-refractivity contribution in [2.45, 2.75) is 43.7 Å². The van der Waals surface area contributed by atoms with Crippen molar-refractivity contribution >= 4 is 16.8 Å². The lowest BCUT2D eigenvalue weighted by molar-refractivity contribution is -0.123. The van der Waals surface area contributed by atoms with Gasteiger partial charge < -0.3 is 5.32 Å². The molecule has 1 amide bonds. The van der Waals surface area contributed by atoms with Gasteiger partial charge in [-0.15, -0.1) is 0 Å². The maximum Gasteiger partial charge on any atom is 0.222 e. The number of aromatic nitrogens is 1. The summed E-state index contributed by atoms with van der Waals surface area (Å²) < 4.78 is 28.7. The summed E-state index contributed by atoms with van der Waals surface area (Å²) in [6, 6.07) is 6.66. The standard InChI is InChI=1S/C20H22F2N2O/c1-23-19(25)11-20(22)9-13-6-12(7-14(13)10-20)16-4-5-24-18-3-2-15(21)8-17(16)18/h2-5,8,12-14H,6-7,9-11H2,1H3,(H,23,25). The summed E-state index contributed by atoms with van der Waals surface area (Å²) in [6.07, 6.45) is 4.45. The average Bonchev–Trinajstić information content (AvgIpc) is 3.08. The van der Waals surface area contributed by atoms with Gasteiger partial charge in [0, 0.05) is 18.6 Å². The molecular formula is C20H22F2N2O. The Balaban J connectivity index is 1.54. The number of alkyl halides is 1. The number of nitrogens with one attached hydrogen (secondary N) is 1. The zero-order valence-corrected chi connectivity index (χ0v) is 14.3. The molecule has 2 aliphatic rings. The van der Waals surface area contributed by atoms with Crippen LogP contribution in [0.5, 0.6) is 0 Å². The minimum atomic E-state index is -1.37. The molecule has 1 aromatic carbocycles. The van der Waals surface area contributed by atoms with Gasteiger partial charge in [0.2, 0.25) is 5.91 Å². The molecule has 2 atom stereocenters. The van der Waals surface area contributed by atoms with E-state index < -0.39 is 5.67 Å². The molecule has 3 nitrogen and oxygen atoms in total. The number of amides is 1. The van der Waals surface area contributed by atoms with Crippen LogP contribution in [-0.2, 0) is 4.79 Å². The summed E-state index contributed by atoms with van der Waals surface area (Å²) in [4.78, 5) is 15.9. The summed E-state index contributed by atoms with van der Waals surface area (Å²) in [5, 5.41) is 3.39. The van der Waals surface area contributed by atoms with E-state index in [1.54, 1.807) is 25.4 Å². The molecule has 0 aliphatic heterocycles. The van der Waals surface area contributed by atoms with Gasteiger partial charge in [-0.1, -0.05) is 0 Å². The largest absolute Gasteiger partial charge is 0.359 e. The monoisotopic (exact) mass is 344 g/mol. The van der Waals surface area contributed by atoms with E-state index in [1.807, 2.05) is 6.07 Å².